The minimum absolute atomic E-state index is 0.0815. The molecule has 5 nitrogen and oxygen atoms in total. The first-order chi connectivity index (χ1) is 11.0. The number of nitrogens with one attached hydrogen (secondary N) is 2. The lowest BCUT2D eigenvalue weighted by atomic mass is 10.2. The zero-order valence-corrected chi connectivity index (χ0v) is 12.1. The summed E-state index contributed by atoms with van der Waals surface area (Å²) < 4.78 is 43.0. The number of halogens is 3. The summed E-state index contributed by atoms with van der Waals surface area (Å²) in [5.74, 6) is 0.322. The van der Waals surface area contributed by atoms with Crippen LogP contribution in [0, 0.1) is 0 Å². The van der Waals surface area contributed by atoms with Gasteiger partial charge in [0.1, 0.15) is 11.9 Å². The Morgan fingerprint density at radius 3 is 2.57 bits per heavy atom. The number of anilines is 2. The maximum Gasteiger partial charge on any atom is 0.417 e. The van der Waals surface area contributed by atoms with Gasteiger partial charge in [0.05, 0.1) is 29.7 Å². The fraction of sp³-hybridized carbons (Fsp3) is 0.333. The Bertz CT molecular complexity index is 637. The van der Waals surface area contributed by atoms with Crippen LogP contribution in [0.4, 0.5) is 24.7 Å². The van der Waals surface area contributed by atoms with Crippen molar-refractivity contribution < 1.29 is 17.9 Å². The third kappa shape index (κ3) is 3.96. The smallest absolute Gasteiger partial charge is 0.369 e. The van der Waals surface area contributed by atoms with Crippen LogP contribution in [0.5, 0.6) is 0 Å². The molecule has 0 amide bonds. The molecule has 0 bridgehead atoms. The van der Waals surface area contributed by atoms with Crippen LogP contribution in [0.3, 0.4) is 0 Å². The summed E-state index contributed by atoms with van der Waals surface area (Å²) in [7, 11) is 0. The lowest BCUT2D eigenvalue weighted by molar-refractivity contribution is -0.137. The van der Waals surface area contributed by atoms with E-state index in [-0.39, 0.29) is 6.10 Å². The maximum atomic E-state index is 12.5. The number of nitrogens with zero attached hydrogens (tertiary/aromatic N) is 2. The second-order valence-electron chi connectivity index (χ2n) is 5.09. The average Bonchev–Trinajstić information content (AvgIpc) is 2.56. The molecule has 1 aliphatic rings. The molecule has 3 heterocycles. The van der Waals surface area contributed by atoms with Gasteiger partial charge in [0, 0.05) is 19.3 Å². The predicted octanol–water partition coefficient (Wildman–Crippen LogP) is 2.90. The summed E-state index contributed by atoms with van der Waals surface area (Å²) in [6.07, 6.45) is -2.07. The number of pyridine rings is 2. The molecule has 122 valence electrons. The van der Waals surface area contributed by atoms with Crippen LogP contribution in [-0.4, -0.2) is 29.7 Å². The van der Waals surface area contributed by atoms with E-state index in [0.29, 0.717) is 24.7 Å². The van der Waals surface area contributed by atoms with Crippen molar-refractivity contribution in [1.29, 1.82) is 0 Å². The summed E-state index contributed by atoms with van der Waals surface area (Å²) in [5.41, 5.74) is 0.673. The average molecular weight is 324 g/mol. The highest BCUT2D eigenvalue weighted by molar-refractivity contribution is 5.55. The topological polar surface area (TPSA) is 59.1 Å². The molecular formula is C15H15F3N4O. The monoisotopic (exact) mass is 324 g/mol. The Kier molecular flexibility index (Phi) is 4.44. The largest absolute Gasteiger partial charge is 0.417 e. The molecule has 0 unspecified atom stereocenters. The number of hydrogen-bond donors (Lipinski definition) is 2. The molecule has 2 N–H and O–H groups in total. The molecule has 1 atom stereocenters. The van der Waals surface area contributed by atoms with E-state index in [1.54, 1.807) is 12.3 Å². The van der Waals surface area contributed by atoms with Gasteiger partial charge in [0.15, 0.2) is 0 Å². The van der Waals surface area contributed by atoms with Gasteiger partial charge in [-0.3, -0.25) is 4.98 Å². The number of rotatable bonds is 3. The number of ether oxygens (including phenoxy) is 1. The van der Waals surface area contributed by atoms with Gasteiger partial charge in [-0.2, -0.15) is 13.2 Å². The second-order valence-corrected chi connectivity index (χ2v) is 5.09. The first kappa shape index (κ1) is 15.7. The Morgan fingerprint density at radius 1 is 1.13 bits per heavy atom. The van der Waals surface area contributed by atoms with Gasteiger partial charge >= 0.3 is 6.18 Å². The molecule has 0 aliphatic carbocycles. The van der Waals surface area contributed by atoms with Gasteiger partial charge in [0.25, 0.3) is 0 Å². The van der Waals surface area contributed by atoms with Crippen molar-refractivity contribution in [2.75, 3.05) is 25.0 Å². The highest BCUT2D eigenvalue weighted by atomic mass is 19.4. The molecule has 0 spiro atoms. The Hall–Kier alpha value is -2.19. The van der Waals surface area contributed by atoms with Crippen molar-refractivity contribution in [1.82, 2.24) is 15.3 Å². The van der Waals surface area contributed by atoms with E-state index in [1.165, 1.54) is 6.07 Å². The number of alkyl halides is 3. The molecule has 23 heavy (non-hydrogen) atoms. The number of aromatic nitrogens is 2. The van der Waals surface area contributed by atoms with Gasteiger partial charge in [-0.05, 0) is 24.3 Å². The molecule has 1 saturated heterocycles. The van der Waals surface area contributed by atoms with Gasteiger partial charge in [-0.25, -0.2) is 4.98 Å². The van der Waals surface area contributed by atoms with Crippen molar-refractivity contribution in [2.45, 2.75) is 12.3 Å². The number of morpholine rings is 1. The van der Waals surface area contributed by atoms with Crippen LogP contribution in [0.25, 0.3) is 0 Å². The minimum atomic E-state index is -4.39. The fourth-order valence-electron chi connectivity index (χ4n) is 2.21. The highest BCUT2D eigenvalue weighted by Gasteiger charge is 2.30. The minimum Gasteiger partial charge on any atom is -0.369 e. The Labute approximate surface area is 130 Å². The van der Waals surface area contributed by atoms with E-state index in [0.717, 1.165) is 24.5 Å². The van der Waals surface area contributed by atoms with Crippen molar-refractivity contribution in [3.05, 3.63) is 47.9 Å². The van der Waals surface area contributed by atoms with E-state index < -0.39 is 11.7 Å². The van der Waals surface area contributed by atoms with Gasteiger partial charge in [-0.15, -0.1) is 0 Å². The molecule has 1 aliphatic heterocycles. The first-order valence-corrected chi connectivity index (χ1v) is 7.11. The van der Waals surface area contributed by atoms with Crippen LogP contribution >= 0.6 is 0 Å². The molecule has 1 fully saturated rings. The van der Waals surface area contributed by atoms with Crippen molar-refractivity contribution in [2.24, 2.45) is 0 Å². The van der Waals surface area contributed by atoms with E-state index in [2.05, 4.69) is 20.6 Å². The molecule has 2 aromatic rings. The predicted molar refractivity (Wildman–Crippen MR) is 78.3 cm³/mol. The lowest BCUT2D eigenvalue weighted by Crippen LogP contribution is -2.33. The van der Waals surface area contributed by atoms with Gasteiger partial charge in [-0.1, -0.05) is 0 Å². The van der Waals surface area contributed by atoms with Crippen LogP contribution in [-0.2, 0) is 10.9 Å². The van der Waals surface area contributed by atoms with Crippen molar-refractivity contribution >= 4 is 11.5 Å². The van der Waals surface area contributed by atoms with Crippen molar-refractivity contribution in [3.8, 4) is 0 Å². The molecule has 8 heteroatoms. The van der Waals surface area contributed by atoms with Crippen LogP contribution in [0.1, 0.15) is 17.4 Å². The number of hydrogen-bond acceptors (Lipinski definition) is 5. The molecular weight excluding hydrogens is 309 g/mol. The van der Waals surface area contributed by atoms with Gasteiger partial charge in [0.2, 0.25) is 0 Å². The summed E-state index contributed by atoms with van der Waals surface area (Å²) in [5, 5.41) is 6.14. The normalized spacial score (nSPS) is 18.7. The lowest BCUT2D eigenvalue weighted by Gasteiger charge is -2.23. The third-order valence-electron chi connectivity index (χ3n) is 3.41. The van der Waals surface area contributed by atoms with Gasteiger partial charge < -0.3 is 15.4 Å². The van der Waals surface area contributed by atoms with E-state index >= 15 is 0 Å². The summed E-state index contributed by atoms with van der Waals surface area (Å²) >= 11 is 0. The quantitative estimate of drug-likeness (QED) is 0.909. The summed E-state index contributed by atoms with van der Waals surface area (Å²) in [6, 6.07) is 5.88. The van der Waals surface area contributed by atoms with E-state index in [9.17, 15) is 13.2 Å². The summed E-state index contributed by atoms with van der Waals surface area (Å²) in [4.78, 5) is 8.08. The molecule has 0 aromatic carbocycles. The standard InChI is InChI=1S/C15H15F3N4O/c16-15(17,18)10-1-4-14(21-7-10)22-11-2-3-12(20-8-11)13-9-19-5-6-23-13/h1-4,7-8,13,19H,5-6,9H2,(H,21,22)/t13-/m0/s1. The Morgan fingerprint density at radius 2 is 2.00 bits per heavy atom. The van der Waals surface area contributed by atoms with Crippen LogP contribution < -0.4 is 10.6 Å². The SMILES string of the molecule is FC(F)(F)c1ccc(Nc2ccc([C@@H]3CNCCO3)nc2)nc1. The van der Waals surface area contributed by atoms with Crippen molar-refractivity contribution in [3.63, 3.8) is 0 Å². The van der Waals surface area contributed by atoms with E-state index in [1.807, 2.05) is 6.07 Å². The fourth-order valence-corrected chi connectivity index (χ4v) is 2.21. The summed E-state index contributed by atoms with van der Waals surface area (Å²) in [6.45, 7) is 2.18. The zero-order chi connectivity index (χ0) is 16.3. The Balaban J connectivity index is 1.66. The van der Waals surface area contributed by atoms with E-state index in [4.69, 9.17) is 4.74 Å². The molecule has 0 saturated carbocycles. The maximum absolute atomic E-state index is 12.5. The third-order valence-corrected chi connectivity index (χ3v) is 3.41. The zero-order valence-electron chi connectivity index (χ0n) is 12.1. The molecule has 2 aromatic heterocycles. The highest BCUT2D eigenvalue weighted by Crippen LogP contribution is 2.29. The first-order valence-electron chi connectivity index (χ1n) is 7.11. The second kappa shape index (κ2) is 6.51. The van der Waals surface area contributed by atoms with Crippen LogP contribution in [0.15, 0.2) is 36.7 Å². The van der Waals surface area contributed by atoms with Crippen LogP contribution in [0.2, 0.25) is 0 Å². The molecule has 0 radical (unpaired) electrons. The molecule has 3 rings (SSSR count).